The van der Waals surface area contributed by atoms with E-state index in [1.165, 1.54) is 17.4 Å². The van der Waals surface area contributed by atoms with Crippen LogP contribution in [0.2, 0.25) is 0 Å². The van der Waals surface area contributed by atoms with Crippen LogP contribution < -0.4 is 4.72 Å². The van der Waals surface area contributed by atoms with Crippen LogP contribution in [0.1, 0.15) is 37.7 Å². The summed E-state index contributed by atoms with van der Waals surface area (Å²) < 4.78 is 66.4. The van der Waals surface area contributed by atoms with Crippen molar-refractivity contribution in [2.75, 3.05) is 17.8 Å². The fourth-order valence-electron chi connectivity index (χ4n) is 4.26. The average Bonchev–Trinajstić information content (AvgIpc) is 3.27. The summed E-state index contributed by atoms with van der Waals surface area (Å²) in [5.41, 5.74) is 2.84. The molecule has 0 radical (unpaired) electrons. The quantitative estimate of drug-likeness (QED) is 0.399. The maximum Gasteiger partial charge on any atom is 0.389 e. The van der Waals surface area contributed by atoms with Crippen LogP contribution in [0, 0.1) is 0 Å². The highest BCUT2D eigenvalue weighted by Gasteiger charge is 2.34. The average molecular weight is 526 g/mol. The van der Waals surface area contributed by atoms with Crippen LogP contribution in [0.15, 0.2) is 59.4 Å². The Balaban J connectivity index is 1.36. The Labute approximate surface area is 206 Å². The Morgan fingerprint density at radius 3 is 2.51 bits per heavy atom. The molecule has 0 bridgehead atoms. The van der Waals surface area contributed by atoms with Crippen LogP contribution in [0.3, 0.4) is 0 Å². The molecular weight excluding hydrogens is 499 g/mol. The van der Waals surface area contributed by atoms with Gasteiger partial charge >= 0.3 is 6.18 Å². The van der Waals surface area contributed by atoms with E-state index in [-0.39, 0.29) is 17.7 Å². The van der Waals surface area contributed by atoms with Crippen molar-refractivity contribution < 1.29 is 26.7 Å². The van der Waals surface area contributed by atoms with Crippen molar-refractivity contribution in [2.45, 2.75) is 48.8 Å². The summed E-state index contributed by atoms with van der Waals surface area (Å²) in [4.78, 5) is 6.27. The molecule has 2 aromatic carbocycles. The molecule has 0 aliphatic carbocycles. The number of piperidine rings is 1. The van der Waals surface area contributed by atoms with Crippen LogP contribution in [-0.2, 0) is 10.0 Å². The number of likely N-dealkylation sites (tertiary alicyclic amines) is 1. The van der Waals surface area contributed by atoms with Crippen molar-refractivity contribution in [1.29, 1.82) is 0 Å². The molecule has 0 atom stereocenters. The minimum Gasteiger partial charge on any atom is -0.390 e. The van der Waals surface area contributed by atoms with Crippen LogP contribution in [-0.4, -0.2) is 48.3 Å². The topological polar surface area (TPSA) is 82.5 Å². The number of nitrogens with zero attached hydrogens (tertiary/aromatic N) is 2. The summed E-state index contributed by atoms with van der Waals surface area (Å²) in [6.45, 7) is 5.08. The first-order valence-corrected chi connectivity index (χ1v) is 13.5. The van der Waals surface area contributed by atoms with Gasteiger partial charge in [0.15, 0.2) is 0 Å². The number of aliphatic hydroxyl groups is 1. The Kier molecular flexibility index (Phi) is 7.12. The van der Waals surface area contributed by atoms with Crippen LogP contribution in [0.25, 0.3) is 15.9 Å². The van der Waals surface area contributed by atoms with Gasteiger partial charge in [0, 0.05) is 30.9 Å². The molecule has 1 aromatic heterocycles. The van der Waals surface area contributed by atoms with E-state index in [1.807, 2.05) is 11.0 Å². The van der Waals surface area contributed by atoms with Crippen molar-refractivity contribution in [3.05, 3.63) is 60.1 Å². The van der Waals surface area contributed by atoms with Crippen molar-refractivity contribution >= 4 is 43.0 Å². The largest absolute Gasteiger partial charge is 0.390 e. The molecule has 2 N–H and O–H groups in total. The molecule has 3 aromatic rings. The number of para-hydroxylation sites is 1. The van der Waals surface area contributed by atoms with Crippen LogP contribution >= 0.6 is 11.3 Å². The van der Waals surface area contributed by atoms with Gasteiger partial charge in [-0.1, -0.05) is 24.8 Å². The number of sulfonamides is 1. The minimum atomic E-state index is -4.21. The summed E-state index contributed by atoms with van der Waals surface area (Å²) >= 11 is 1.37. The number of hydrogen-bond acceptors (Lipinski definition) is 6. The lowest BCUT2D eigenvalue weighted by molar-refractivity contribution is -0.138. The molecule has 4 rings (SSSR count). The van der Waals surface area contributed by atoms with E-state index in [0.29, 0.717) is 42.8 Å². The van der Waals surface area contributed by atoms with Crippen molar-refractivity contribution in [3.63, 3.8) is 0 Å². The summed E-state index contributed by atoms with van der Waals surface area (Å²) in [6.07, 6.45) is -4.33. The number of hydrogen-bond donors (Lipinski definition) is 2. The maximum atomic E-state index is 12.9. The number of rotatable bonds is 8. The zero-order valence-corrected chi connectivity index (χ0v) is 20.5. The van der Waals surface area contributed by atoms with Gasteiger partial charge in [-0.05, 0) is 55.5 Å². The monoisotopic (exact) mass is 525 g/mol. The van der Waals surface area contributed by atoms with E-state index in [4.69, 9.17) is 0 Å². The Morgan fingerprint density at radius 1 is 1.17 bits per heavy atom. The molecule has 11 heteroatoms. The molecule has 35 heavy (non-hydrogen) atoms. The fourth-order valence-corrected chi connectivity index (χ4v) is 6.26. The third kappa shape index (κ3) is 6.14. The number of anilines is 1. The van der Waals surface area contributed by atoms with Gasteiger partial charge in [0.25, 0.3) is 10.0 Å². The molecule has 0 saturated carbocycles. The van der Waals surface area contributed by atoms with Crippen molar-refractivity contribution in [3.8, 4) is 0 Å². The van der Waals surface area contributed by atoms with Crippen molar-refractivity contribution in [1.82, 2.24) is 9.88 Å². The molecule has 0 amide bonds. The summed E-state index contributed by atoms with van der Waals surface area (Å²) in [5, 5.41) is 10.6. The maximum absolute atomic E-state index is 12.9. The van der Waals surface area contributed by atoms with E-state index in [9.17, 15) is 26.7 Å². The molecule has 1 aliphatic heterocycles. The summed E-state index contributed by atoms with van der Waals surface area (Å²) in [7, 11) is -3.83. The second-order valence-electron chi connectivity index (χ2n) is 8.76. The molecule has 1 fully saturated rings. The highest BCUT2D eigenvalue weighted by Crippen LogP contribution is 2.33. The molecule has 2 heterocycles. The third-order valence-corrected chi connectivity index (χ3v) is 8.47. The van der Waals surface area contributed by atoms with E-state index < -0.39 is 28.2 Å². The van der Waals surface area contributed by atoms with Gasteiger partial charge in [-0.3, -0.25) is 4.72 Å². The fraction of sp³-hybridized carbons (Fsp3) is 0.375. The van der Waals surface area contributed by atoms with Gasteiger partial charge in [0.1, 0.15) is 10.4 Å². The molecule has 0 unspecified atom stereocenters. The molecule has 6 nitrogen and oxygen atoms in total. The van der Waals surface area contributed by atoms with Gasteiger partial charge in [0.2, 0.25) is 0 Å². The zero-order chi connectivity index (χ0) is 25.3. The van der Waals surface area contributed by atoms with Gasteiger partial charge in [-0.2, -0.15) is 13.2 Å². The number of benzene rings is 2. The number of fused-ring (bicyclic) bond motifs is 1. The number of aromatic nitrogens is 1. The Morgan fingerprint density at radius 2 is 1.86 bits per heavy atom. The molecule has 0 spiro atoms. The van der Waals surface area contributed by atoms with E-state index in [0.717, 1.165) is 10.3 Å². The van der Waals surface area contributed by atoms with E-state index in [2.05, 4.69) is 16.3 Å². The highest BCUT2D eigenvalue weighted by atomic mass is 32.2. The van der Waals surface area contributed by atoms with Crippen molar-refractivity contribution in [2.24, 2.45) is 0 Å². The van der Waals surface area contributed by atoms with Crippen LogP contribution in [0.4, 0.5) is 18.9 Å². The predicted octanol–water partition coefficient (Wildman–Crippen LogP) is 5.63. The lowest BCUT2D eigenvalue weighted by Crippen LogP contribution is -2.43. The third-order valence-electron chi connectivity index (χ3n) is 6.26. The first-order chi connectivity index (χ1) is 16.5. The van der Waals surface area contributed by atoms with Crippen LogP contribution in [0.5, 0.6) is 0 Å². The molecule has 1 saturated heterocycles. The number of thiazole rings is 1. The van der Waals surface area contributed by atoms with E-state index in [1.54, 1.807) is 35.8 Å². The Hall–Kier alpha value is -2.63. The van der Waals surface area contributed by atoms with Gasteiger partial charge in [-0.25, -0.2) is 13.4 Å². The number of nitrogens with one attached hydrogen (secondary N) is 1. The second-order valence-corrected chi connectivity index (χ2v) is 11.3. The SMILES string of the molecule is C=C(c1ccc(NS(=O)(=O)c2cccc3scnc23)cc1)N1CCC(O)(CCCC(F)(F)F)CC1. The Bertz CT molecular complexity index is 1300. The summed E-state index contributed by atoms with van der Waals surface area (Å²) in [5.74, 6) is 0. The normalized spacial score (nSPS) is 16.4. The predicted molar refractivity (Wildman–Crippen MR) is 132 cm³/mol. The summed E-state index contributed by atoms with van der Waals surface area (Å²) in [6, 6.07) is 11.8. The highest BCUT2D eigenvalue weighted by molar-refractivity contribution is 7.93. The van der Waals surface area contributed by atoms with Gasteiger partial charge < -0.3 is 10.0 Å². The first-order valence-electron chi connectivity index (χ1n) is 11.1. The van der Waals surface area contributed by atoms with Gasteiger partial charge in [-0.15, -0.1) is 11.3 Å². The second kappa shape index (κ2) is 9.79. The first kappa shape index (κ1) is 25.5. The minimum absolute atomic E-state index is 0.0880. The number of halogens is 3. The smallest absolute Gasteiger partial charge is 0.389 e. The molecule has 1 aliphatic rings. The standard InChI is InChI=1S/C24H26F3N3O3S2/c1-17(30-14-12-23(31,13-15-30)10-3-11-24(25,26)27)18-6-8-19(9-7-18)29-35(32,33)21-5-2-4-20-22(21)28-16-34-20/h2,4-9,16,29,31H,1,3,10-15H2. The lowest BCUT2D eigenvalue weighted by Gasteiger charge is -2.40. The van der Waals surface area contributed by atoms with Gasteiger partial charge in [0.05, 0.1) is 15.8 Å². The number of alkyl halides is 3. The zero-order valence-electron chi connectivity index (χ0n) is 18.9. The van der Waals surface area contributed by atoms with E-state index >= 15 is 0 Å². The lowest BCUT2D eigenvalue weighted by atomic mass is 9.86. The molecular formula is C24H26F3N3O3S2. The molecule has 188 valence electrons.